The summed E-state index contributed by atoms with van der Waals surface area (Å²) in [4.78, 5) is 188. The molecule has 0 aliphatic carbocycles. The van der Waals surface area contributed by atoms with E-state index in [1.54, 1.807) is 6.92 Å². The Morgan fingerprint density at radius 1 is 0.409 bits per heavy atom. The molecule has 53 nitrogen and oxygen atoms in total. The van der Waals surface area contributed by atoms with Crippen LogP contribution in [0.2, 0.25) is 0 Å². The fourth-order valence-corrected chi connectivity index (χ4v) is 23.3. The smallest absolute Gasteiger partial charge is 0.330 e. The van der Waals surface area contributed by atoms with Crippen LogP contribution >= 0.6 is 40.4 Å². The Hall–Kier alpha value is -6.53. The first-order valence-electron chi connectivity index (χ1n) is 38.0. The second kappa shape index (κ2) is 37.5. The van der Waals surface area contributed by atoms with Gasteiger partial charge in [0.1, 0.15) is 137 Å². The van der Waals surface area contributed by atoms with Gasteiger partial charge in [-0.05, 0) is 20.3 Å². The van der Waals surface area contributed by atoms with Gasteiger partial charge in [-0.2, -0.15) is 4.98 Å². The van der Waals surface area contributed by atoms with Gasteiger partial charge in [-0.15, -0.1) is 0 Å². The summed E-state index contributed by atoms with van der Waals surface area (Å²) in [6.07, 6.45) is -12.3. The molecule has 11 N–H and O–H groups in total. The first-order chi connectivity index (χ1) is 60.2. The first kappa shape index (κ1) is 93.7. The van der Waals surface area contributed by atoms with E-state index in [1.165, 1.54) is 93.4 Å². The Bertz CT molecular complexity index is 6470. The lowest BCUT2D eigenvalue weighted by Gasteiger charge is -2.36. The third-order valence-corrected chi connectivity index (χ3v) is 30.6. The number of ether oxygens (including phenoxy) is 6. The monoisotopic (exact) mass is 2000 g/mol. The normalized spacial score (nSPS) is 29.3. The van der Waals surface area contributed by atoms with Crippen LogP contribution in [-0.4, -0.2) is 211 Å². The van der Waals surface area contributed by atoms with E-state index in [2.05, 4.69) is 69.8 Å². The van der Waals surface area contributed by atoms with Gasteiger partial charge in [0.25, 0.3) is 16.7 Å². The zero-order chi connectivity index (χ0) is 90.3. The fraction of sp³-hybridized carbons (Fsp3) is 0.548. The predicted octanol–water partition coefficient (Wildman–Crippen LogP) is -1.56. The van der Waals surface area contributed by atoms with Crippen LogP contribution in [0.5, 0.6) is 0 Å². The molecule has 0 radical (unpaired) electrons. The van der Waals surface area contributed by atoms with Crippen molar-refractivity contribution in [2.75, 3.05) is 63.1 Å². The maximum Gasteiger partial charge on any atom is 0.330 e. The van der Waals surface area contributed by atoms with Crippen molar-refractivity contribution in [2.24, 2.45) is 0 Å². The van der Waals surface area contributed by atoms with Gasteiger partial charge >= 0.3 is 11.4 Å². The summed E-state index contributed by atoms with van der Waals surface area (Å²) in [6.45, 7) is -27.3. The lowest BCUT2D eigenvalue weighted by atomic mass is 10.1. The van der Waals surface area contributed by atoms with Crippen LogP contribution in [0.4, 0.5) is 23.4 Å². The van der Waals surface area contributed by atoms with E-state index in [9.17, 15) is 53.0 Å². The van der Waals surface area contributed by atoms with Gasteiger partial charge in [0.2, 0.25) is 5.95 Å². The molecule has 0 aromatic carbocycles. The van der Waals surface area contributed by atoms with Gasteiger partial charge < -0.3 is 142 Å². The summed E-state index contributed by atoms with van der Waals surface area (Å²) >= 11 is 32.7. The molecule has 6 saturated heterocycles. The van der Waals surface area contributed by atoms with Crippen LogP contribution in [0.15, 0.2) is 80.7 Å². The molecule has 65 heteroatoms. The largest absolute Gasteiger partial charge is 0.780 e. The number of aromatic amines is 3. The molecule has 688 valence electrons. The molecular weight excluding hydrogens is 1920 g/mol. The van der Waals surface area contributed by atoms with Crippen LogP contribution in [0.3, 0.4) is 0 Å². The number of hydrogen-bond donors (Lipinski definition) is 7. The SMILES string of the molecule is CC[C@H]1O[C@@H](n2cc(C)c(=O)[nH]c2=O)C[C@H]1OP([O-])(=S)OC[C@H]1O[C@@H](n2cnc3c(N)ncnc32)C[C@H]1OP(=O)([S-])OC[C@H]1O[C@@H](n2cnc3c(N)ncnc32)C[C@H]1OP([O-])(=S)OC[C@H]1O[C@@H](n2cnc3c(=O)[nH]c(N)nc32)C[C@H]1OP([O-])(=S)OC[C@H]1O[C@@H](n2cnc3c(N)ncnc32)C[C@H]1OP([O-])(=S)OC[C@H]1O[C@@H](n2cc(C)c(=O)[nH]c2=O)C[C@H]1OP([O-])(=S)OC. The highest BCUT2D eigenvalue weighted by atomic mass is 32.7. The van der Waals surface area contributed by atoms with Crippen molar-refractivity contribution in [3.05, 3.63) is 120 Å². The van der Waals surface area contributed by atoms with E-state index in [0.29, 0.717) is 6.42 Å². The van der Waals surface area contributed by atoms with Crippen molar-refractivity contribution in [3.8, 4) is 0 Å². The summed E-state index contributed by atoms with van der Waals surface area (Å²) in [5, 5.41) is 0. The molecule has 16 rings (SSSR count). The third kappa shape index (κ3) is 21.0. The topological polar surface area (TPSA) is 707 Å². The molecule has 24 atom stereocenters. The van der Waals surface area contributed by atoms with Gasteiger partial charge in [0, 0.05) is 69.2 Å². The highest BCUT2D eigenvalue weighted by molar-refractivity contribution is 8.32. The average molecular weight is 2000 g/mol. The summed E-state index contributed by atoms with van der Waals surface area (Å²) in [5.74, 6) is -0.295. The zero-order valence-electron chi connectivity index (χ0n) is 66.0. The van der Waals surface area contributed by atoms with Crippen molar-refractivity contribution >= 4 is 180 Å². The second-order valence-corrected chi connectivity index (χ2v) is 45.6. The summed E-state index contributed by atoms with van der Waals surface area (Å²) in [5.41, 5.74) is 21.9. The maximum atomic E-state index is 15.0. The van der Waals surface area contributed by atoms with Crippen molar-refractivity contribution in [3.63, 3.8) is 0 Å². The highest BCUT2D eigenvalue weighted by Gasteiger charge is 2.48. The molecule has 6 aliphatic rings. The molecule has 6 unspecified atom stereocenters. The number of fused-ring (bicyclic) bond motifs is 4. The van der Waals surface area contributed by atoms with Gasteiger partial charge in [-0.1, -0.05) is 66.0 Å². The molecular formula is C62H74N24O29P6S6-6. The zero-order valence-corrected chi connectivity index (χ0v) is 76.2. The fourth-order valence-electron chi connectivity index (χ4n) is 15.0. The van der Waals surface area contributed by atoms with E-state index in [4.69, 9.17) is 177 Å². The summed E-state index contributed by atoms with van der Waals surface area (Å²) in [7, 11) is 1.04. The number of hydrogen-bond acceptors (Lipinski definition) is 50. The predicted molar refractivity (Wildman–Crippen MR) is 448 cm³/mol. The molecule has 0 saturated carbocycles. The van der Waals surface area contributed by atoms with Crippen molar-refractivity contribution in [1.82, 2.24) is 97.2 Å². The number of aryl methyl sites for hydroxylation is 2. The molecule has 10 aromatic rings. The number of nitrogens with one attached hydrogen (secondary N) is 3. The van der Waals surface area contributed by atoms with E-state index in [0.717, 1.165) is 11.7 Å². The Morgan fingerprint density at radius 3 is 1.04 bits per heavy atom. The van der Waals surface area contributed by atoms with E-state index < -0.39 is 212 Å². The van der Waals surface area contributed by atoms with Crippen molar-refractivity contribution in [1.29, 1.82) is 0 Å². The standard InChI is InChI=1S/C62H80N24O29P6S6/c1-5-28-29(6-40(104-28)81-12-26(2)57(87)79-61(81)90)111-117(93,123)99-15-36-31(8-42(106-36)83-22-73-46-50(63)67-19-70-53(46)83)113-119(95,125)101-16-37-33(10-44(107-37)85-24-75-48-52(65)69-21-72-55(48)85)114-120(96,126)103-18-39-34(11-45(109-39)86-25-76-49-56(86)77-60(66)78-59(49)89)115-121(97,127)102-17-38-32(9-43(108-38)84-23-74-47-51(64)68-20-71-54(47)84)112-118(94,124)100-14-35-30(110-116(92,122)98-4)7-41(105-35)82-13-27(3)58(88)80-62(82)91/h12-13,19-25,28-45H,5-11,14-18H2,1-4H3,(H,92,122)(H,93,123)(H,94,124)(H,95,125)(H,96,126)(H,97,127)(H2,63,67,70)(H2,64,68,71)(H2,65,69,72)(H,79,87,90)(H,80,88,91)(H3,66,77,78,89)/p-6/t28-,29-,30-,31-,32-,33-,34-,35-,36-,37-,38-,39-,40-,41-,42-,43-,44-,45-,116?,117?,118?,119?,120?,121?/m1/s1. The van der Waals surface area contributed by atoms with Crippen molar-refractivity contribution < 1.29 is 112 Å². The number of imidazole rings is 4. The van der Waals surface area contributed by atoms with E-state index >= 15 is 0 Å². The van der Waals surface area contributed by atoms with E-state index in [1.807, 2.05) is 0 Å². The summed E-state index contributed by atoms with van der Waals surface area (Å²) < 4.78 is 131. The lowest BCUT2D eigenvalue weighted by molar-refractivity contribution is -0.221. The number of nitrogens with two attached hydrogens (primary N) is 4. The summed E-state index contributed by atoms with van der Waals surface area (Å²) in [6, 6.07) is 0. The lowest BCUT2D eigenvalue weighted by Crippen LogP contribution is -2.34. The van der Waals surface area contributed by atoms with Crippen LogP contribution in [0.25, 0.3) is 44.7 Å². The Kier molecular flexibility index (Phi) is 27.7. The van der Waals surface area contributed by atoms with Crippen LogP contribution in [0, 0.1) is 13.8 Å². The quantitative estimate of drug-likeness (QED) is 0.0174. The molecule has 6 fully saturated rings. The Balaban J connectivity index is 0.620. The van der Waals surface area contributed by atoms with Gasteiger partial charge in [-0.3, -0.25) is 61.3 Å². The average Bonchev–Trinajstić information content (AvgIpc) is 1.64. The molecule has 16 heterocycles. The second-order valence-electron chi connectivity index (χ2n) is 29.3. The van der Waals surface area contributed by atoms with Crippen LogP contribution in [0.1, 0.15) is 100 Å². The van der Waals surface area contributed by atoms with Gasteiger partial charge in [-0.25, -0.2) is 59.4 Å². The van der Waals surface area contributed by atoms with Crippen molar-refractivity contribution in [2.45, 2.75) is 176 Å². The number of anilines is 4. The van der Waals surface area contributed by atoms with E-state index in [-0.39, 0.29) is 118 Å². The Morgan fingerprint density at radius 2 is 0.701 bits per heavy atom. The minimum absolute atomic E-state index is 0.000238. The van der Waals surface area contributed by atoms with Crippen LogP contribution < -0.4 is 75.5 Å². The number of aromatic nitrogens is 20. The molecule has 127 heavy (non-hydrogen) atoms. The Labute approximate surface area is 743 Å². The number of rotatable bonds is 35. The van der Waals surface area contributed by atoms with Crippen LogP contribution in [-0.2, 0) is 159 Å². The molecule has 10 aromatic heterocycles. The maximum absolute atomic E-state index is 15.0. The van der Waals surface area contributed by atoms with Gasteiger partial charge in [0.15, 0.2) is 52.4 Å². The minimum Gasteiger partial charge on any atom is -0.780 e. The van der Waals surface area contributed by atoms with Gasteiger partial charge in [0.05, 0.1) is 101 Å². The molecule has 0 spiro atoms. The number of H-pyrrole nitrogens is 3. The molecule has 6 aliphatic heterocycles. The highest BCUT2D eigenvalue weighted by Crippen LogP contribution is 2.56. The molecule has 0 bridgehead atoms. The number of nitrogens with zero attached hydrogens (tertiary/aromatic N) is 17. The molecule has 0 amide bonds. The minimum atomic E-state index is -4.93. The third-order valence-electron chi connectivity index (χ3n) is 21.0. The first-order valence-corrected chi connectivity index (χ1v) is 53.3. The number of nitrogen functional groups attached to an aromatic ring is 4.